The number of aromatic nitrogens is 5. The fraction of sp³-hybridized carbons (Fsp3) is 0.389. The van der Waals surface area contributed by atoms with Crippen LogP contribution in [0.25, 0.3) is 5.52 Å². The summed E-state index contributed by atoms with van der Waals surface area (Å²) < 4.78 is 3.20. The third-order valence-electron chi connectivity index (χ3n) is 4.80. The molecule has 3 aromatic heterocycles. The molecule has 0 spiro atoms. The largest absolute Gasteiger partial charge is 0.368 e. The zero-order valence-electron chi connectivity index (χ0n) is 16.0. The zero-order chi connectivity index (χ0) is 20.0. The van der Waals surface area contributed by atoms with Crippen molar-refractivity contribution < 1.29 is 0 Å². The van der Waals surface area contributed by atoms with E-state index in [9.17, 15) is 10.1 Å². The van der Waals surface area contributed by atoms with E-state index in [1.807, 2.05) is 18.7 Å². The van der Waals surface area contributed by atoms with Gasteiger partial charge in [0.2, 0.25) is 5.95 Å². The fourth-order valence-electron chi connectivity index (χ4n) is 3.46. The molecule has 11 heteroatoms. The topological polar surface area (TPSA) is 118 Å². The SMILES string of the molecule is CC(C)Cn1c([C@@H]2CCN2c2nc(N)ncc2C#N)nn2ccc(Cl)c2c1=O.S. The number of nitrogen functional groups attached to an aromatic ring is 1. The molecule has 152 valence electrons. The number of hydrogen-bond donors (Lipinski definition) is 1. The number of nitrogens with zero attached hydrogens (tertiary/aromatic N) is 7. The molecule has 1 atom stereocenters. The molecule has 4 rings (SSSR count). The van der Waals surface area contributed by atoms with Crippen LogP contribution < -0.4 is 16.2 Å². The Hall–Kier alpha value is -2.77. The normalized spacial score (nSPS) is 15.8. The number of fused-ring (bicyclic) bond motifs is 1. The van der Waals surface area contributed by atoms with Gasteiger partial charge in [-0.1, -0.05) is 25.4 Å². The van der Waals surface area contributed by atoms with E-state index < -0.39 is 0 Å². The molecule has 1 saturated heterocycles. The van der Waals surface area contributed by atoms with Crippen LogP contribution in [-0.4, -0.2) is 30.7 Å². The van der Waals surface area contributed by atoms with E-state index in [1.165, 1.54) is 10.7 Å². The lowest BCUT2D eigenvalue weighted by Crippen LogP contribution is -2.46. The van der Waals surface area contributed by atoms with E-state index >= 15 is 0 Å². The molecule has 0 amide bonds. The number of hydrogen-bond acceptors (Lipinski definition) is 7. The van der Waals surface area contributed by atoms with Gasteiger partial charge < -0.3 is 10.6 Å². The molecule has 1 aliphatic rings. The Morgan fingerprint density at radius 3 is 2.83 bits per heavy atom. The number of nitriles is 1. The van der Waals surface area contributed by atoms with Crippen LogP contribution in [-0.2, 0) is 6.54 Å². The fourth-order valence-corrected chi connectivity index (χ4v) is 3.68. The molecule has 0 saturated carbocycles. The predicted octanol–water partition coefficient (Wildman–Crippen LogP) is 2.11. The van der Waals surface area contributed by atoms with Gasteiger partial charge in [-0.15, -0.1) is 0 Å². The summed E-state index contributed by atoms with van der Waals surface area (Å²) >= 11 is 6.20. The Kier molecular flexibility index (Phi) is 5.73. The first-order chi connectivity index (χ1) is 13.4. The molecule has 2 N–H and O–H groups in total. The van der Waals surface area contributed by atoms with Crippen molar-refractivity contribution in [2.75, 3.05) is 17.2 Å². The molecular weight excluding hydrogens is 412 g/mol. The molecule has 0 aromatic carbocycles. The lowest BCUT2D eigenvalue weighted by Gasteiger charge is -2.42. The summed E-state index contributed by atoms with van der Waals surface area (Å²) in [6.45, 7) is 5.27. The van der Waals surface area contributed by atoms with Gasteiger partial charge in [0.25, 0.3) is 5.56 Å². The van der Waals surface area contributed by atoms with Crippen molar-refractivity contribution in [2.45, 2.75) is 32.9 Å². The van der Waals surface area contributed by atoms with Crippen LogP contribution in [0.15, 0.2) is 23.3 Å². The average Bonchev–Trinajstić information content (AvgIpc) is 2.98. The van der Waals surface area contributed by atoms with E-state index in [0.29, 0.717) is 40.8 Å². The van der Waals surface area contributed by atoms with Gasteiger partial charge in [-0.2, -0.15) is 28.8 Å². The average molecular weight is 433 g/mol. The van der Waals surface area contributed by atoms with E-state index in [2.05, 4.69) is 21.1 Å². The molecule has 0 radical (unpaired) electrons. The number of halogens is 1. The van der Waals surface area contributed by atoms with Crippen molar-refractivity contribution >= 4 is 42.4 Å². The second-order valence-electron chi connectivity index (χ2n) is 7.20. The summed E-state index contributed by atoms with van der Waals surface area (Å²) in [5, 5.41) is 14.5. The highest BCUT2D eigenvalue weighted by Crippen LogP contribution is 2.37. The van der Waals surface area contributed by atoms with E-state index in [0.717, 1.165) is 6.42 Å². The second kappa shape index (κ2) is 7.93. The summed E-state index contributed by atoms with van der Waals surface area (Å²) in [5.74, 6) is 1.42. The molecule has 4 heterocycles. The van der Waals surface area contributed by atoms with Crippen molar-refractivity contribution in [2.24, 2.45) is 5.92 Å². The summed E-state index contributed by atoms with van der Waals surface area (Å²) in [6, 6.07) is 3.56. The second-order valence-corrected chi connectivity index (χ2v) is 7.61. The summed E-state index contributed by atoms with van der Waals surface area (Å²) in [6.07, 6.45) is 3.87. The summed E-state index contributed by atoms with van der Waals surface area (Å²) in [5.41, 5.74) is 6.25. The standard InChI is InChI=1S/C18H19ClN8O.H2S/c1-10(2)9-26-16(24-27-6-3-12(19)14(27)17(26)28)13-4-5-25(13)15-11(7-20)8-22-18(21)23-15;/h3,6,8,10,13H,4-5,9H2,1-2H3,(H2,21,22,23);1H2/t13-;/m0./s1. The zero-order valence-corrected chi connectivity index (χ0v) is 17.8. The van der Waals surface area contributed by atoms with E-state index in [-0.39, 0.29) is 37.0 Å². The van der Waals surface area contributed by atoms with Crippen molar-refractivity contribution in [3.63, 3.8) is 0 Å². The minimum absolute atomic E-state index is 0. The van der Waals surface area contributed by atoms with Crippen LogP contribution in [0.1, 0.15) is 37.7 Å². The number of nitrogens with two attached hydrogens (primary N) is 1. The number of anilines is 2. The van der Waals surface area contributed by atoms with Crippen molar-refractivity contribution in [3.05, 3.63) is 45.2 Å². The first kappa shape index (κ1) is 21.0. The molecule has 9 nitrogen and oxygen atoms in total. The maximum absolute atomic E-state index is 13.1. The Balaban J connectivity index is 0.00000240. The minimum Gasteiger partial charge on any atom is -0.368 e. The van der Waals surface area contributed by atoms with Crippen LogP contribution in [0.3, 0.4) is 0 Å². The first-order valence-corrected chi connectivity index (χ1v) is 9.35. The van der Waals surface area contributed by atoms with Crippen LogP contribution in [0.5, 0.6) is 0 Å². The van der Waals surface area contributed by atoms with E-state index in [4.69, 9.17) is 17.3 Å². The highest BCUT2D eigenvalue weighted by atomic mass is 35.5. The van der Waals surface area contributed by atoms with Crippen LogP contribution in [0, 0.1) is 17.2 Å². The molecule has 29 heavy (non-hydrogen) atoms. The van der Waals surface area contributed by atoms with Gasteiger partial charge in [-0.25, -0.2) is 9.50 Å². The van der Waals surface area contributed by atoms with Gasteiger partial charge in [0.05, 0.1) is 17.3 Å². The lowest BCUT2D eigenvalue weighted by atomic mass is 10.0. The molecule has 0 unspecified atom stereocenters. The lowest BCUT2D eigenvalue weighted by molar-refractivity contribution is 0.386. The summed E-state index contributed by atoms with van der Waals surface area (Å²) in [7, 11) is 0. The molecule has 1 aliphatic heterocycles. The van der Waals surface area contributed by atoms with Gasteiger partial charge in [-0.05, 0) is 18.4 Å². The van der Waals surface area contributed by atoms with Crippen LogP contribution in [0.4, 0.5) is 11.8 Å². The molecular formula is C18H21ClN8OS. The predicted molar refractivity (Wildman–Crippen MR) is 116 cm³/mol. The van der Waals surface area contributed by atoms with Gasteiger partial charge in [0.15, 0.2) is 11.6 Å². The van der Waals surface area contributed by atoms with Crippen LogP contribution >= 0.6 is 25.1 Å². The Morgan fingerprint density at radius 2 is 2.21 bits per heavy atom. The quantitative estimate of drug-likeness (QED) is 0.670. The first-order valence-electron chi connectivity index (χ1n) is 8.97. The molecule has 0 bridgehead atoms. The Morgan fingerprint density at radius 1 is 1.45 bits per heavy atom. The summed E-state index contributed by atoms with van der Waals surface area (Å²) in [4.78, 5) is 23.2. The highest BCUT2D eigenvalue weighted by Gasteiger charge is 2.36. The van der Waals surface area contributed by atoms with Gasteiger partial charge in [-0.3, -0.25) is 9.36 Å². The Labute approximate surface area is 179 Å². The van der Waals surface area contributed by atoms with E-state index in [1.54, 1.807) is 16.8 Å². The van der Waals surface area contributed by atoms with Crippen LogP contribution in [0.2, 0.25) is 5.02 Å². The van der Waals surface area contributed by atoms with Crippen molar-refractivity contribution in [1.82, 2.24) is 24.1 Å². The third-order valence-corrected chi connectivity index (χ3v) is 5.10. The monoisotopic (exact) mass is 432 g/mol. The van der Waals surface area contributed by atoms with Gasteiger partial charge in [0, 0.05) is 19.3 Å². The third kappa shape index (κ3) is 3.52. The molecule has 0 aliphatic carbocycles. The molecule has 1 fully saturated rings. The minimum atomic E-state index is -0.196. The van der Waals surface area contributed by atoms with Gasteiger partial charge in [0.1, 0.15) is 17.1 Å². The Bertz CT molecular complexity index is 1170. The highest BCUT2D eigenvalue weighted by molar-refractivity contribution is 7.59. The molecule has 3 aromatic rings. The van der Waals surface area contributed by atoms with Gasteiger partial charge >= 0.3 is 0 Å². The number of rotatable bonds is 4. The van der Waals surface area contributed by atoms with Crippen molar-refractivity contribution in [1.29, 1.82) is 5.26 Å². The maximum atomic E-state index is 13.1. The van der Waals surface area contributed by atoms with Crippen molar-refractivity contribution in [3.8, 4) is 6.07 Å². The smallest absolute Gasteiger partial charge is 0.279 e. The maximum Gasteiger partial charge on any atom is 0.279 e.